The molecule has 1 aromatic heterocycles. The Kier molecular flexibility index (Phi) is 2.84. The van der Waals surface area contributed by atoms with Crippen molar-refractivity contribution in [1.82, 2.24) is 9.78 Å². The Morgan fingerprint density at radius 1 is 1.47 bits per heavy atom. The Morgan fingerprint density at radius 2 is 2.18 bits per heavy atom. The Balaban J connectivity index is 2.62. The van der Waals surface area contributed by atoms with Gasteiger partial charge in [-0.1, -0.05) is 0 Å². The first-order valence-electron chi connectivity index (χ1n) is 4.59. The molecule has 1 amide bonds. The van der Waals surface area contributed by atoms with E-state index in [0.29, 0.717) is 10.2 Å². The average Bonchev–Trinajstić information content (AvgIpc) is 2.59. The molecule has 0 atom stereocenters. The first-order valence-corrected chi connectivity index (χ1v) is 5.38. The van der Waals surface area contributed by atoms with Crippen LogP contribution in [-0.4, -0.2) is 15.7 Å². The molecular formula is C10H8BrFN4O. The molecule has 5 nitrogen and oxygen atoms in total. The minimum atomic E-state index is -0.732. The first kappa shape index (κ1) is 11.6. The second-order valence-corrected chi connectivity index (χ2v) is 4.19. The number of halogens is 2. The molecule has 17 heavy (non-hydrogen) atoms. The maximum atomic E-state index is 13.0. The standard InChI is InChI=1S/C10H8BrFN4O/c11-7-4-16(15-9(7)13)8-2-1-5(12)3-6(8)10(14)17/h1-4H,(H2,13,15)(H2,14,17). The Bertz CT molecular complexity index is 576. The summed E-state index contributed by atoms with van der Waals surface area (Å²) in [6.45, 7) is 0. The molecule has 88 valence electrons. The van der Waals surface area contributed by atoms with Crippen LogP contribution in [0.15, 0.2) is 28.9 Å². The van der Waals surface area contributed by atoms with Crippen molar-refractivity contribution in [3.63, 3.8) is 0 Å². The lowest BCUT2D eigenvalue weighted by molar-refractivity contribution is 0.0999. The highest BCUT2D eigenvalue weighted by Crippen LogP contribution is 2.22. The number of hydrogen-bond donors (Lipinski definition) is 2. The molecule has 2 aromatic rings. The summed E-state index contributed by atoms with van der Waals surface area (Å²) in [5.41, 5.74) is 11.2. The summed E-state index contributed by atoms with van der Waals surface area (Å²) >= 11 is 3.19. The molecule has 1 aromatic carbocycles. The van der Waals surface area contributed by atoms with Crippen molar-refractivity contribution in [1.29, 1.82) is 0 Å². The molecule has 0 saturated heterocycles. The molecule has 0 fully saturated rings. The van der Waals surface area contributed by atoms with E-state index in [2.05, 4.69) is 21.0 Å². The van der Waals surface area contributed by atoms with Gasteiger partial charge in [0.05, 0.1) is 15.7 Å². The summed E-state index contributed by atoms with van der Waals surface area (Å²) < 4.78 is 15.0. The van der Waals surface area contributed by atoms with Crippen LogP contribution >= 0.6 is 15.9 Å². The largest absolute Gasteiger partial charge is 0.381 e. The van der Waals surface area contributed by atoms with Crippen molar-refractivity contribution >= 4 is 27.7 Å². The van der Waals surface area contributed by atoms with Gasteiger partial charge in [0.1, 0.15) is 5.82 Å². The van der Waals surface area contributed by atoms with Crippen LogP contribution in [0.2, 0.25) is 0 Å². The van der Waals surface area contributed by atoms with Crippen molar-refractivity contribution in [3.8, 4) is 5.69 Å². The average molecular weight is 299 g/mol. The third kappa shape index (κ3) is 2.14. The third-order valence-corrected chi connectivity index (χ3v) is 2.78. The summed E-state index contributed by atoms with van der Waals surface area (Å²) in [6, 6.07) is 3.69. The fourth-order valence-electron chi connectivity index (χ4n) is 1.40. The highest BCUT2D eigenvalue weighted by molar-refractivity contribution is 9.10. The van der Waals surface area contributed by atoms with E-state index in [4.69, 9.17) is 11.5 Å². The lowest BCUT2D eigenvalue weighted by Crippen LogP contribution is -2.15. The monoisotopic (exact) mass is 298 g/mol. The van der Waals surface area contributed by atoms with Crippen molar-refractivity contribution in [2.45, 2.75) is 0 Å². The number of nitrogens with two attached hydrogens (primary N) is 2. The number of carbonyl (C=O) groups excluding carboxylic acids is 1. The highest BCUT2D eigenvalue weighted by Gasteiger charge is 2.13. The zero-order valence-electron chi connectivity index (χ0n) is 8.52. The lowest BCUT2D eigenvalue weighted by atomic mass is 10.1. The third-order valence-electron chi connectivity index (χ3n) is 2.17. The molecule has 0 aliphatic rings. The highest BCUT2D eigenvalue weighted by atomic mass is 79.9. The number of rotatable bonds is 2. The van der Waals surface area contributed by atoms with Gasteiger partial charge < -0.3 is 11.5 Å². The molecule has 1 heterocycles. The molecule has 0 spiro atoms. The van der Waals surface area contributed by atoms with Gasteiger partial charge in [0.15, 0.2) is 5.82 Å². The number of benzene rings is 1. The van der Waals surface area contributed by atoms with Gasteiger partial charge in [-0.25, -0.2) is 9.07 Å². The summed E-state index contributed by atoms with van der Waals surface area (Å²) in [4.78, 5) is 11.2. The Labute approximate surface area is 104 Å². The van der Waals surface area contributed by atoms with Gasteiger partial charge >= 0.3 is 0 Å². The SMILES string of the molecule is NC(=O)c1cc(F)ccc1-n1cc(Br)c(N)n1. The van der Waals surface area contributed by atoms with Crippen LogP contribution in [0.1, 0.15) is 10.4 Å². The quantitative estimate of drug-likeness (QED) is 0.880. The van der Waals surface area contributed by atoms with E-state index in [1.807, 2.05) is 0 Å². The maximum absolute atomic E-state index is 13.0. The molecular weight excluding hydrogens is 291 g/mol. The van der Waals surface area contributed by atoms with E-state index in [1.165, 1.54) is 16.8 Å². The normalized spacial score (nSPS) is 10.5. The van der Waals surface area contributed by atoms with Gasteiger partial charge in [-0.15, -0.1) is 5.10 Å². The van der Waals surface area contributed by atoms with Gasteiger partial charge in [-0.2, -0.15) is 0 Å². The molecule has 0 saturated carbocycles. The molecule has 0 unspecified atom stereocenters. The number of anilines is 1. The number of nitrogen functional groups attached to an aromatic ring is 1. The fourth-order valence-corrected chi connectivity index (χ4v) is 1.67. The van der Waals surface area contributed by atoms with Gasteiger partial charge in [0.2, 0.25) is 0 Å². The zero-order valence-corrected chi connectivity index (χ0v) is 10.1. The predicted molar refractivity (Wildman–Crippen MR) is 64.2 cm³/mol. The second-order valence-electron chi connectivity index (χ2n) is 3.33. The lowest BCUT2D eigenvalue weighted by Gasteiger charge is -2.06. The minimum absolute atomic E-state index is 0.0417. The van der Waals surface area contributed by atoms with Crippen LogP contribution in [0.25, 0.3) is 5.69 Å². The van der Waals surface area contributed by atoms with Crippen LogP contribution < -0.4 is 11.5 Å². The van der Waals surface area contributed by atoms with Crippen molar-refractivity contribution in [3.05, 3.63) is 40.2 Å². The van der Waals surface area contributed by atoms with Gasteiger partial charge in [-0.3, -0.25) is 4.79 Å². The molecule has 0 aliphatic carbocycles. The van der Waals surface area contributed by atoms with E-state index in [1.54, 1.807) is 6.20 Å². The summed E-state index contributed by atoms with van der Waals surface area (Å²) in [5.74, 6) is -1.00. The van der Waals surface area contributed by atoms with Crippen molar-refractivity contribution in [2.24, 2.45) is 5.73 Å². The van der Waals surface area contributed by atoms with Crippen molar-refractivity contribution in [2.75, 3.05) is 5.73 Å². The van der Waals surface area contributed by atoms with E-state index >= 15 is 0 Å². The Hall–Kier alpha value is -1.89. The molecule has 4 N–H and O–H groups in total. The van der Waals surface area contributed by atoms with E-state index < -0.39 is 11.7 Å². The molecule has 0 radical (unpaired) electrons. The summed E-state index contributed by atoms with van der Waals surface area (Å²) in [5, 5.41) is 3.97. The second kappa shape index (κ2) is 4.17. The van der Waals surface area contributed by atoms with Gasteiger partial charge in [-0.05, 0) is 34.1 Å². The number of aromatic nitrogens is 2. The van der Waals surface area contributed by atoms with Crippen LogP contribution in [0.4, 0.5) is 10.2 Å². The minimum Gasteiger partial charge on any atom is -0.381 e. The molecule has 0 aliphatic heterocycles. The fraction of sp³-hybridized carbons (Fsp3) is 0. The number of hydrogen-bond acceptors (Lipinski definition) is 3. The topological polar surface area (TPSA) is 86.9 Å². The van der Waals surface area contributed by atoms with Crippen LogP contribution in [0, 0.1) is 5.82 Å². The first-order chi connectivity index (χ1) is 7.99. The maximum Gasteiger partial charge on any atom is 0.250 e. The van der Waals surface area contributed by atoms with Gasteiger partial charge in [0.25, 0.3) is 5.91 Å². The molecule has 0 bridgehead atoms. The van der Waals surface area contributed by atoms with Gasteiger partial charge in [0, 0.05) is 6.20 Å². The van der Waals surface area contributed by atoms with E-state index in [9.17, 15) is 9.18 Å². The molecule has 2 rings (SSSR count). The van der Waals surface area contributed by atoms with Crippen LogP contribution in [-0.2, 0) is 0 Å². The number of carbonyl (C=O) groups is 1. The summed E-state index contributed by atoms with van der Waals surface area (Å²) in [6.07, 6.45) is 1.56. The Morgan fingerprint density at radius 3 is 2.71 bits per heavy atom. The van der Waals surface area contributed by atoms with E-state index in [0.717, 1.165) is 6.07 Å². The smallest absolute Gasteiger partial charge is 0.250 e. The van der Waals surface area contributed by atoms with Crippen LogP contribution in [0.3, 0.4) is 0 Å². The van der Waals surface area contributed by atoms with E-state index in [-0.39, 0.29) is 11.4 Å². The number of nitrogens with zero attached hydrogens (tertiary/aromatic N) is 2. The predicted octanol–water partition coefficient (Wildman–Crippen LogP) is 1.46. The van der Waals surface area contributed by atoms with Crippen LogP contribution in [0.5, 0.6) is 0 Å². The molecule has 7 heteroatoms. The zero-order chi connectivity index (χ0) is 12.6. The van der Waals surface area contributed by atoms with Crippen molar-refractivity contribution < 1.29 is 9.18 Å². The summed E-state index contributed by atoms with van der Waals surface area (Å²) in [7, 11) is 0. The number of primary amides is 1. The number of amides is 1.